The molecule has 1 aliphatic rings. The van der Waals surface area contributed by atoms with E-state index in [1.807, 2.05) is 30.3 Å². The summed E-state index contributed by atoms with van der Waals surface area (Å²) in [6.45, 7) is 0. The van der Waals surface area contributed by atoms with Crippen LogP contribution in [-0.4, -0.2) is 27.0 Å². The van der Waals surface area contributed by atoms with Crippen molar-refractivity contribution in [3.63, 3.8) is 0 Å². The van der Waals surface area contributed by atoms with Crippen molar-refractivity contribution in [2.75, 3.05) is 4.90 Å². The molecular formula is C26H17Cl2N3O3S2. The number of Topliss-reactive ketones (excluding diaryl/α,β-unsaturated/α-hetero) is 1. The molecule has 1 atom stereocenters. The zero-order chi connectivity index (χ0) is 25.2. The van der Waals surface area contributed by atoms with Crippen LogP contribution in [0.1, 0.15) is 22.7 Å². The van der Waals surface area contributed by atoms with E-state index in [4.69, 9.17) is 23.2 Å². The van der Waals surface area contributed by atoms with Gasteiger partial charge in [-0.15, -0.1) is 10.2 Å². The first-order valence-electron chi connectivity index (χ1n) is 10.7. The van der Waals surface area contributed by atoms with Crippen molar-refractivity contribution in [1.29, 1.82) is 0 Å². The van der Waals surface area contributed by atoms with Crippen LogP contribution in [0, 0.1) is 0 Å². The largest absolute Gasteiger partial charge is 0.507 e. The van der Waals surface area contributed by atoms with Crippen LogP contribution in [0.5, 0.6) is 0 Å². The molecule has 36 heavy (non-hydrogen) atoms. The molecule has 0 spiro atoms. The first-order chi connectivity index (χ1) is 17.4. The average molecular weight is 554 g/mol. The summed E-state index contributed by atoms with van der Waals surface area (Å²) in [5, 5.41) is 20.8. The van der Waals surface area contributed by atoms with Gasteiger partial charge in [-0.2, -0.15) is 0 Å². The molecule has 0 saturated carbocycles. The Labute approximate surface area is 225 Å². The number of halogens is 2. The minimum absolute atomic E-state index is 0.0432. The number of aliphatic hydroxyl groups is 1. The number of amides is 1. The predicted molar refractivity (Wildman–Crippen MR) is 144 cm³/mol. The Morgan fingerprint density at radius 2 is 1.56 bits per heavy atom. The van der Waals surface area contributed by atoms with Gasteiger partial charge in [0.2, 0.25) is 5.13 Å². The number of carbonyl (C=O) groups is 2. The summed E-state index contributed by atoms with van der Waals surface area (Å²) >= 11 is 14.8. The Balaban J connectivity index is 1.55. The fourth-order valence-electron chi connectivity index (χ4n) is 3.83. The van der Waals surface area contributed by atoms with Gasteiger partial charge in [0.15, 0.2) is 4.34 Å². The van der Waals surface area contributed by atoms with Gasteiger partial charge >= 0.3 is 5.91 Å². The molecule has 1 saturated heterocycles. The number of ketones is 1. The first-order valence-corrected chi connectivity index (χ1v) is 13.3. The number of thioether (sulfide) groups is 1. The first kappa shape index (κ1) is 24.5. The molecule has 1 amide bonds. The summed E-state index contributed by atoms with van der Waals surface area (Å²) in [5.41, 5.74) is 2.05. The molecule has 0 radical (unpaired) electrons. The van der Waals surface area contributed by atoms with Gasteiger partial charge in [-0.1, -0.05) is 88.8 Å². The average Bonchev–Trinajstić information content (AvgIpc) is 3.46. The topological polar surface area (TPSA) is 83.4 Å². The summed E-state index contributed by atoms with van der Waals surface area (Å²) < 4.78 is 0.656. The highest BCUT2D eigenvalue weighted by atomic mass is 35.5. The molecule has 10 heteroatoms. The molecule has 0 aliphatic carbocycles. The second-order valence-electron chi connectivity index (χ2n) is 7.85. The van der Waals surface area contributed by atoms with Crippen LogP contribution in [0.2, 0.25) is 10.0 Å². The number of aromatic nitrogens is 2. The lowest BCUT2D eigenvalue weighted by atomic mass is 9.95. The van der Waals surface area contributed by atoms with Crippen molar-refractivity contribution < 1.29 is 14.7 Å². The number of hydrogen-bond donors (Lipinski definition) is 1. The Bertz CT molecular complexity index is 1460. The summed E-state index contributed by atoms with van der Waals surface area (Å²) in [4.78, 5) is 27.8. The van der Waals surface area contributed by atoms with E-state index in [0.29, 0.717) is 31.3 Å². The lowest BCUT2D eigenvalue weighted by Crippen LogP contribution is -2.29. The molecule has 0 bridgehead atoms. The smallest absolute Gasteiger partial charge is 0.301 e. The fourth-order valence-corrected chi connectivity index (χ4v) is 5.91. The molecule has 1 unspecified atom stereocenters. The van der Waals surface area contributed by atoms with E-state index >= 15 is 0 Å². The van der Waals surface area contributed by atoms with Crippen LogP contribution in [0.25, 0.3) is 5.76 Å². The van der Waals surface area contributed by atoms with Gasteiger partial charge in [0.25, 0.3) is 5.78 Å². The molecule has 1 N–H and O–H groups in total. The number of rotatable bonds is 6. The van der Waals surface area contributed by atoms with E-state index in [1.165, 1.54) is 28.0 Å². The van der Waals surface area contributed by atoms with Crippen molar-refractivity contribution in [3.8, 4) is 0 Å². The summed E-state index contributed by atoms with van der Waals surface area (Å²) in [7, 11) is 0. The van der Waals surface area contributed by atoms with Crippen LogP contribution in [0.4, 0.5) is 5.13 Å². The lowest BCUT2D eigenvalue weighted by molar-refractivity contribution is -0.132. The van der Waals surface area contributed by atoms with Crippen LogP contribution in [-0.2, 0) is 15.3 Å². The maximum absolute atomic E-state index is 13.3. The second kappa shape index (κ2) is 10.4. The highest BCUT2D eigenvalue weighted by Crippen LogP contribution is 2.44. The minimum atomic E-state index is -0.905. The Hall–Kier alpha value is -3.17. The van der Waals surface area contributed by atoms with Crippen molar-refractivity contribution in [2.24, 2.45) is 0 Å². The van der Waals surface area contributed by atoms with Crippen molar-refractivity contribution in [2.45, 2.75) is 16.1 Å². The van der Waals surface area contributed by atoms with E-state index in [2.05, 4.69) is 10.2 Å². The van der Waals surface area contributed by atoms with Crippen LogP contribution in [0.3, 0.4) is 0 Å². The molecule has 1 aromatic heterocycles. The summed E-state index contributed by atoms with van der Waals surface area (Å²) in [6.07, 6.45) is 0. The van der Waals surface area contributed by atoms with Gasteiger partial charge in [-0.05, 0) is 47.5 Å². The number of nitrogens with zero attached hydrogens (tertiary/aromatic N) is 3. The van der Waals surface area contributed by atoms with Crippen molar-refractivity contribution >= 4 is 68.9 Å². The standard InChI is InChI=1S/C26H17Cl2N3O3S2/c27-18-10-6-16(7-11-18)21-20(22(32)17-8-12-19(28)13-9-17)23(33)24(34)31(21)25-29-30-26(36-25)35-14-15-4-2-1-3-5-15/h1-13,21,32H,14H2/b22-20+. The van der Waals surface area contributed by atoms with Gasteiger partial charge in [0.1, 0.15) is 5.76 Å². The quantitative estimate of drug-likeness (QED) is 0.0932. The maximum Gasteiger partial charge on any atom is 0.301 e. The van der Waals surface area contributed by atoms with Crippen molar-refractivity contribution in [3.05, 3.63) is 111 Å². The second-order valence-corrected chi connectivity index (χ2v) is 10.9. The molecule has 1 aliphatic heterocycles. The highest BCUT2D eigenvalue weighted by molar-refractivity contribution is 8.00. The number of benzene rings is 3. The predicted octanol–water partition coefficient (Wildman–Crippen LogP) is 6.76. The number of aliphatic hydroxyl groups excluding tert-OH is 1. The Morgan fingerprint density at radius 1 is 0.917 bits per heavy atom. The summed E-state index contributed by atoms with van der Waals surface area (Å²) in [5.74, 6) is -1.21. The molecule has 5 rings (SSSR count). The Kier molecular flexibility index (Phi) is 7.11. The molecule has 6 nitrogen and oxygen atoms in total. The number of hydrogen-bond acceptors (Lipinski definition) is 7. The molecule has 3 aromatic carbocycles. The van der Waals surface area contributed by atoms with E-state index in [9.17, 15) is 14.7 Å². The van der Waals surface area contributed by atoms with Crippen molar-refractivity contribution in [1.82, 2.24) is 10.2 Å². The summed E-state index contributed by atoms with van der Waals surface area (Å²) in [6, 6.07) is 22.2. The van der Waals surface area contributed by atoms with E-state index < -0.39 is 17.7 Å². The zero-order valence-electron chi connectivity index (χ0n) is 18.5. The molecule has 4 aromatic rings. The third-order valence-corrected chi connectivity index (χ3v) is 8.19. The molecular weight excluding hydrogens is 537 g/mol. The van der Waals surface area contributed by atoms with Crippen LogP contribution >= 0.6 is 46.3 Å². The zero-order valence-corrected chi connectivity index (χ0v) is 21.6. The fraction of sp³-hybridized carbons (Fsp3) is 0.0769. The third-order valence-electron chi connectivity index (χ3n) is 5.55. The minimum Gasteiger partial charge on any atom is -0.507 e. The van der Waals surface area contributed by atoms with Gasteiger partial charge in [-0.3, -0.25) is 14.5 Å². The monoisotopic (exact) mass is 553 g/mol. The van der Waals surface area contributed by atoms with E-state index in [-0.39, 0.29) is 16.5 Å². The van der Waals surface area contributed by atoms with E-state index in [0.717, 1.165) is 5.56 Å². The van der Waals surface area contributed by atoms with E-state index in [1.54, 1.807) is 48.5 Å². The van der Waals surface area contributed by atoms with Crippen LogP contribution < -0.4 is 4.90 Å². The molecule has 1 fully saturated rings. The van der Waals surface area contributed by atoms with Gasteiger partial charge in [0.05, 0.1) is 11.6 Å². The van der Waals surface area contributed by atoms with Gasteiger partial charge in [-0.25, -0.2) is 0 Å². The SMILES string of the molecule is O=C1C(=O)N(c2nnc(SCc3ccccc3)s2)C(c2ccc(Cl)cc2)/C1=C(\O)c1ccc(Cl)cc1. The van der Waals surface area contributed by atoms with Crippen LogP contribution in [0.15, 0.2) is 88.8 Å². The Morgan fingerprint density at radius 3 is 2.22 bits per heavy atom. The normalized spacial score (nSPS) is 17.1. The highest BCUT2D eigenvalue weighted by Gasteiger charge is 2.48. The third kappa shape index (κ3) is 4.90. The van der Waals surface area contributed by atoms with Gasteiger partial charge in [0, 0.05) is 21.4 Å². The molecule has 180 valence electrons. The maximum atomic E-state index is 13.3. The number of anilines is 1. The van der Waals surface area contributed by atoms with Gasteiger partial charge < -0.3 is 5.11 Å². The lowest BCUT2D eigenvalue weighted by Gasteiger charge is -2.22. The number of carbonyl (C=O) groups excluding carboxylic acids is 2. The molecule has 2 heterocycles.